The number of methoxy groups -OCH3 is 1. The van der Waals surface area contributed by atoms with E-state index < -0.39 is 53.6 Å². The van der Waals surface area contributed by atoms with Crippen LogP contribution in [0.2, 0.25) is 5.02 Å². The van der Waals surface area contributed by atoms with Crippen LogP contribution in [0.15, 0.2) is 48.5 Å². The Kier molecular flexibility index (Phi) is 9.19. The largest absolute Gasteiger partial charge is 0.493 e. The van der Waals surface area contributed by atoms with Crippen LogP contribution in [-0.2, 0) is 15.7 Å². The maximum Gasteiger partial charge on any atom is 0.401 e. The summed E-state index contributed by atoms with van der Waals surface area (Å²) < 4.78 is 68.2. The number of pyridine rings is 1. The highest BCUT2D eigenvalue weighted by Gasteiger charge is 2.54. The second kappa shape index (κ2) is 11.9. The van der Waals surface area contributed by atoms with E-state index in [0.29, 0.717) is 5.56 Å². The second-order valence-electron chi connectivity index (χ2n) is 10.1. The predicted molar refractivity (Wildman–Crippen MR) is 145 cm³/mol. The number of rotatable bonds is 10. The van der Waals surface area contributed by atoms with Gasteiger partial charge in [-0.15, -0.1) is 0 Å². The van der Waals surface area contributed by atoms with Crippen LogP contribution in [0, 0.1) is 5.82 Å². The molecular weight excluding hydrogens is 568 g/mol. The molecule has 0 aliphatic carbocycles. The van der Waals surface area contributed by atoms with Gasteiger partial charge in [0.15, 0.2) is 18.1 Å². The summed E-state index contributed by atoms with van der Waals surface area (Å²) in [6.07, 6.45) is -4.87. The van der Waals surface area contributed by atoms with Gasteiger partial charge in [-0.3, -0.25) is 14.6 Å². The van der Waals surface area contributed by atoms with E-state index in [-0.39, 0.29) is 33.3 Å². The summed E-state index contributed by atoms with van der Waals surface area (Å²) in [6.45, 7) is 2.81. The molecule has 2 aromatic carbocycles. The minimum Gasteiger partial charge on any atom is -0.493 e. The number of nitrogens with one attached hydrogen (secondary N) is 1. The number of hydrogen-bond donors (Lipinski definition) is 3. The zero-order valence-corrected chi connectivity index (χ0v) is 23.4. The van der Waals surface area contributed by atoms with Gasteiger partial charge in [-0.05, 0) is 74.9 Å². The zero-order chi connectivity index (χ0) is 30.8. The monoisotopic (exact) mass is 596 g/mol. The molecule has 1 atom stereocenters. The molecule has 1 unspecified atom stereocenters. The number of hydrogen-bond acceptors (Lipinski definition) is 6. The maximum absolute atomic E-state index is 14.7. The van der Waals surface area contributed by atoms with E-state index >= 15 is 0 Å². The Bertz CT molecular complexity index is 1460. The molecule has 2 amide bonds. The lowest BCUT2D eigenvalue weighted by atomic mass is 9.82. The lowest BCUT2D eigenvalue weighted by Gasteiger charge is -2.33. The zero-order valence-electron chi connectivity index (χ0n) is 22.7. The Morgan fingerprint density at radius 3 is 2.27 bits per heavy atom. The van der Waals surface area contributed by atoms with E-state index in [4.69, 9.17) is 32.5 Å². The molecule has 0 saturated heterocycles. The molecule has 3 rings (SSSR count). The number of carbonyl (C=O) groups excluding carboxylic acids is 2. The van der Waals surface area contributed by atoms with Crippen molar-refractivity contribution in [3.63, 3.8) is 0 Å². The van der Waals surface area contributed by atoms with Crippen molar-refractivity contribution in [2.75, 3.05) is 20.3 Å². The van der Waals surface area contributed by atoms with Crippen LogP contribution >= 0.6 is 11.6 Å². The van der Waals surface area contributed by atoms with Gasteiger partial charge in [-0.1, -0.05) is 11.6 Å². The van der Waals surface area contributed by atoms with Crippen LogP contribution in [0.1, 0.15) is 42.4 Å². The summed E-state index contributed by atoms with van der Waals surface area (Å²) in [7, 11) is 1.29. The summed E-state index contributed by atoms with van der Waals surface area (Å²) in [5.41, 5.74) is 7.84. The Hall–Kier alpha value is -3.90. The smallest absolute Gasteiger partial charge is 0.401 e. The summed E-state index contributed by atoms with van der Waals surface area (Å²) in [4.78, 5) is 28.2. The fourth-order valence-electron chi connectivity index (χ4n) is 3.76. The third kappa shape index (κ3) is 7.25. The number of nitrogens with two attached hydrogens (primary N) is 2. The first-order valence-electron chi connectivity index (χ1n) is 12.2. The van der Waals surface area contributed by atoms with E-state index in [1.54, 1.807) is 13.8 Å². The number of aromatic nitrogens is 1. The van der Waals surface area contributed by atoms with Crippen molar-refractivity contribution in [3.8, 4) is 22.8 Å². The molecular formula is C28H29ClF4N4O4. The maximum atomic E-state index is 14.7. The summed E-state index contributed by atoms with van der Waals surface area (Å²) in [5, 5.41) is 2.10. The Morgan fingerprint density at radius 1 is 1.02 bits per heavy atom. The molecule has 3 aromatic rings. The third-order valence-corrected chi connectivity index (χ3v) is 6.66. The van der Waals surface area contributed by atoms with Crippen molar-refractivity contribution in [1.82, 2.24) is 10.3 Å². The van der Waals surface area contributed by atoms with Gasteiger partial charge < -0.3 is 26.3 Å². The fourth-order valence-corrected chi connectivity index (χ4v) is 3.94. The van der Waals surface area contributed by atoms with Gasteiger partial charge in [0, 0.05) is 23.2 Å². The number of ether oxygens (including phenoxy) is 2. The minimum absolute atomic E-state index is 0.0238. The SMILES string of the molecule is COc1cc(C(=O)NCC(C)(c2cc(C(C)(C)N)cc(-c3ccc(F)c(Cl)c3)n2)C(F)(F)F)ccc1OCC(N)=O. The van der Waals surface area contributed by atoms with Gasteiger partial charge in [-0.25, -0.2) is 4.39 Å². The molecule has 0 radical (unpaired) electrons. The number of halogens is 5. The topological polar surface area (TPSA) is 130 Å². The first kappa shape index (κ1) is 31.6. The molecule has 0 saturated carbocycles. The van der Waals surface area contributed by atoms with E-state index in [0.717, 1.165) is 13.0 Å². The summed E-state index contributed by atoms with van der Waals surface area (Å²) >= 11 is 5.91. The van der Waals surface area contributed by atoms with Crippen molar-refractivity contribution in [1.29, 1.82) is 0 Å². The summed E-state index contributed by atoms with van der Waals surface area (Å²) in [5.74, 6) is -2.08. The molecule has 0 aliphatic heterocycles. The molecule has 220 valence electrons. The highest BCUT2D eigenvalue weighted by atomic mass is 35.5. The highest BCUT2D eigenvalue weighted by molar-refractivity contribution is 6.31. The Labute approximate surface area is 239 Å². The first-order chi connectivity index (χ1) is 19.0. The van der Waals surface area contributed by atoms with Crippen molar-refractivity contribution >= 4 is 23.4 Å². The molecule has 0 bridgehead atoms. The van der Waals surface area contributed by atoms with Gasteiger partial charge in [0.05, 0.1) is 23.5 Å². The van der Waals surface area contributed by atoms with Crippen molar-refractivity contribution in [2.45, 2.75) is 37.9 Å². The molecule has 1 aromatic heterocycles. The van der Waals surface area contributed by atoms with E-state index in [9.17, 15) is 27.2 Å². The molecule has 1 heterocycles. The highest BCUT2D eigenvalue weighted by Crippen LogP contribution is 2.42. The molecule has 13 heteroatoms. The Morgan fingerprint density at radius 2 is 1.71 bits per heavy atom. The number of amides is 2. The predicted octanol–water partition coefficient (Wildman–Crippen LogP) is 4.86. The molecule has 0 aliphatic rings. The molecule has 41 heavy (non-hydrogen) atoms. The number of nitrogens with zero attached hydrogens (tertiary/aromatic N) is 1. The van der Waals surface area contributed by atoms with Gasteiger partial charge in [0.2, 0.25) is 0 Å². The normalized spacial score (nSPS) is 13.3. The van der Waals surface area contributed by atoms with Gasteiger partial charge in [-0.2, -0.15) is 13.2 Å². The van der Waals surface area contributed by atoms with E-state index in [2.05, 4.69) is 10.3 Å². The average Bonchev–Trinajstić information content (AvgIpc) is 2.90. The molecule has 0 spiro atoms. The van der Waals surface area contributed by atoms with Gasteiger partial charge >= 0.3 is 6.18 Å². The number of primary amides is 1. The van der Waals surface area contributed by atoms with Crippen molar-refractivity contribution in [2.24, 2.45) is 11.5 Å². The van der Waals surface area contributed by atoms with Crippen molar-refractivity contribution < 1.29 is 36.6 Å². The molecule has 0 fully saturated rings. The number of alkyl halides is 3. The lowest BCUT2D eigenvalue weighted by Crippen LogP contribution is -2.49. The lowest BCUT2D eigenvalue weighted by molar-refractivity contribution is -0.184. The van der Waals surface area contributed by atoms with Crippen LogP contribution in [-0.4, -0.2) is 43.2 Å². The molecule has 8 nitrogen and oxygen atoms in total. The third-order valence-electron chi connectivity index (χ3n) is 6.37. The molecule has 5 N–H and O–H groups in total. The van der Waals surface area contributed by atoms with Crippen LogP contribution in [0.5, 0.6) is 11.5 Å². The standard InChI is InChI=1S/C28H29ClF4N4O4/c1-26(2,35)17-11-20(15-5-7-19(30)18(29)9-15)37-23(12-17)27(3,28(31,32)33)14-36-25(39)16-6-8-21(22(10-16)40-4)41-13-24(34)38/h5-12H,13-14,35H2,1-4H3,(H2,34,38)(H,36,39). The fraction of sp³-hybridized carbons (Fsp3) is 0.321. The van der Waals surface area contributed by atoms with Crippen LogP contribution < -0.4 is 26.3 Å². The number of benzene rings is 2. The van der Waals surface area contributed by atoms with E-state index in [1.165, 1.54) is 49.6 Å². The second-order valence-corrected chi connectivity index (χ2v) is 10.5. The van der Waals surface area contributed by atoms with Gasteiger partial charge in [0.25, 0.3) is 11.8 Å². The van der Waals surface area contributed by atoms with Crippen LogP contribution in [0.3, 0.4) is 0 Å². The number of carbonyl (C=O) groups is 2. The first-order valence-corrected chi connectivity index (χ1v) is 12.6. The average molecular weight is 597 g/mol. The van der Waals surface area contributed by atoms with Crippen molar-refractivity contribution in [3.05, 3.63) is 76.2 Å². The van der Waals surface area contributed by atoms with E-state index in [1.807, 2.05) is 0 Å². The quantitative estimate of drug-likeness (QED) is 0.287. The summed E-state index contributed by atoms with van der Waals surface area (Å²) in [6, 6.07) is 10.3. The van der Waals surface area contributed by atoms with Crippen LogP contribution in [0.4, 0.5) is 17.6 Å². The Balaban J connectivity index is 2.01. The minimum atomic E-state index is -4.87. The van der Waals surface area contributed by atoms with Crippen LogP contribution in [0.25, 0.3) is 11.3 Å². The van der Waals surface area contributed by atoms with Gasteiger partial charge in [0.1, 0.15) is 11.2 Å².